The van der Waals surface area contributed by atoms with Crippen molar-refractivity contribution in [1.82, 2.24) is 0 Å². The molecule has 1 nitrogen and oxygen atoms in total. The fraction of sp³-hybridized carbons (Fsp3) is 0.400. The van der Waals surface area contributed by atoms with Crippen LogP contribution in [0, 0.1) is 0 Å². The van der Waals surface area contributed by atoms with Crippen molar-refractivity contribution < 1.29 is 13.0 Å². The first-order chi connectivity index (χ1) is 6.60. The Balaban J connectivity index is 2.93. The predicted octanol–water partition coefficient (Wildman–Crippen LogP) is 2.69. The van der Waals surface area contributed by atoms with Gasteiger partial charge in [-0.05, 0) is 12.1 Å². The monoisotopic (exact) mass is 216 g/mol. The molecular formula is C10H14F2OSi. The lowest BCUT2D eigenvalue weighted by atomic mass is 10.3. The molecule has 0 atom stereocenters. The number of benzene rings is 1. The lowest BCUT2D eigenvalue weighted by Crippen LogP contribution is -2.38. The maximum atomic E-state index is 13.6. The van der Waals surface area contributed by atoms with E-state index in [0.717, 1.165) is 0 Å². The fourth-order valence-electron chi connectivity index (χ4n) is 1.31. The van der Waals surface area contributed by atoms with Gasteiger partial charge in [-0.25, -0.2) is 0 Å². The molecule has 0 radical (unpaired) electrons. The van der Waals surface area contributed by atoms with Gasteiger partial charge in [0.05, 0.1) is 7.11 Å². The van der Waals surface area contributed by atoms with Gasteiger partial charge in [-0.15, -0.1) is 0 Å². The average Bonchev–Trinajstić information content (AvgIpc) is 2.18. The van der Waals surface area contributed by atoms with Gasteiger partial charge in [-0.3, -0.25) is 8.22 Å². The minimum Gasteiger partial charge on any atom is -0.497 e. The zero-order chi connectivity index (χ0) is 10.6. The number of hydrogen-bond donors (Lipinski definition) is 0. The van der Waals surface area contributed by atoms with Crippen molar-refractivity contribution in [2.75, 3.05) is 7.11 Å². The Hall–Kier alpha value is -0.903. The van der Waals surface area contributed by atoms with E-state index in [4.69, 9.17) is 4.74 Å². The molecule has 0 aliphatic carbocycles. The molecule has 0 aliphatic rings. The molecule has 14 heavy (non-hydrogen) atoms. The molecule has 4 heteroatoms. The summed E-state index contributed by atoms with van der Waals surface area (Å²) in [6, 6.07) is 6.25. The summed E-state index contributed by atoms with van der Waals surface area (Å²) < 4.78 is 32.0. The Morgan fingerprint density at radius 1 is 1.36 bits per heavy atom. The molecule has 1 rings (SSSR count). The van der Waals surface area contributed by atoms with E-state index >= 15 is 0 Å². The smallest absolute Gasteiger partial charge is 0.455 e. The third-order valence-electron chi connectivity index (χ3n) is 2.06. The van der Waals surface area contributed by atoms with Crippen molar-refractivity contribution in [3.63, 3.8) is 0 Å². The summed E-state index contributed by atoms with van der Waals surface area (Å²) in [6.45, 7) is 1.78. The lowest BCUT2D eigenvalue weighted by molar-refractivity contribution is 0.415. The molecule has 0 spiro atoms. The van der Waals surface area contributed by atoms with E-state index in [1.54, 1.807) is 19.1 Å². The second kappa shape index (κ2) is 4.55. The highest BCUT2D eigenvalue weighted by Crippen LogP contribution is 2.18. The predicted molar refractivity (Wildman–Crippen MR) is 55.7 cm³/mol. The highest BCUT2D eigenvalue weighted by atomic mass is 28.4. The topological polar surface area (TPSA) is 9.23 Å². The lowest BCUT2D eigenvalue weighted by Gasteiger charge is -2.12. The van der Waals surface area contributed by atoms with Crippen molar-refractivity contribution in [1.29, 1.82) is 0 Å². The molecule has 0 aromatic heterocycles. The molecule has 0 unspecified atom stereocenters. The zero-order valence-electron chi connectivity index (χ0n) is 8.39. The molecular weight excluding hydrogens is 202 g/mol. The molecule has 0 saturated heterocycles. The third kappa shape index (κ3) is 2.54. The molecule has 0 heterocycles. The SMILES string of the molecule is CCC[Si](F)(F)c1cccc(OC)c1. The number of hydrogen-bond acceptors (Lipinski definition) is 1. The van der Waals surface area contributed by atoms with Crippen LogP contribution in [0.4, 0.5) is 8.22 Å². The first-order valence-electron chi connectivity index (χ1n) is 4.62. The van der Waals surface area contributed by atoms with Crippen LogP contribution in [0.15, 0.2) is 24.3 Å². The van der Waals surface area contributed by atoms with Crippen LogP contribution in [-0.4, -0.2) is 15.9 Å². The van der Waals surface area contributed by atoms with Crippen molar-refractivity contribution in [2.45, 2.75) is 19.4 Å². The van der Waals surface area contributed by atoms with Crippen molar-refractivity contribution in [3.8, 4) is 5.75 Å². The van der Waals surface area contributed by atoms with Gasteiger partial charge >= 0.3 is 8.74 Å². The Kier molecular flexibility index (Phi) is 3.63. The second-order valence-electron chi connectivity index (χ2n) is 3.19. The van der Waals surface area contributed by atoms with Crippen LogP contribution in [0.5, 0.6) is 5.75 Å². The summed E-state index contributed by atoms with van der Waals surface area (Å²) in [5.41, 5.74) is 0. The number of halogens is 2. The van der Waals surface area contributed by atoms with Crippen molar-refractivity contribution in [3.05, 3.63) is 24.3 Å². The van der Waals surface area contributed by atoms with E-state index in [1.807, 2.05) is 0 Å². The summed E-state index contributed by atoms with van der Waals surface area (Å²) >= 11 is 0. The van der Waals surface area contributed by atoms with Gasteiger partial charge in [0.2, 0.25) is 0 Å². The maximum absolute atomic E-state index is 13.6. The highest BCUT2D eigenvalue weighted by molar-refractivity contribution is 6.80. The molecule has 1 aromatic carbocycles. The van der Waals surface area contributed by atoms with E-state index in [2.05, 4.69) is 0 Å². The van der Waals surface area contributed by atoms with Crippen LogP contribution in [0.2, 0.25) is 6.04 Å². The summed E-state index contributed by atoms with van der Waals surface area (Å²) in [6.07, 6.45) is 0.524. The summed E-state index contributed by atoms with van der Waals surface area (Å²) in [4.78, 5) is 0. The Labute approximate surface area is 84.1 Å². The Morgan fingerprint density at radius 3 is 2.64 bits per heavy atom. The molecule has 1 aromatic rings. The minimum atomic E-state index is -4.21. The maximum Gasteiger partial charge on any atom is 0.455 e. The van der Waals surface area contributed by atoms with Crippen molar-refractivity contribution in [2.24, 2.45) is 0 Å². The zero-order valence-corrected chi connectivity index (χ0v) is 9.39. The first-order valence-corrected chi connectivity index (χ1v) is 6.59. The van der Waals surface area contributed by atoms with E-state index in [-0.39, 0.29) is 11.2 Å². The third-order valence-corrected chi connectivity index (χ3v) is 4.34. The van der Waals surface area contributed by atoms with Crippen LogP contribution in [0.25, 0.3) is 0 Å². The summed E-state index contributed by atoms with van der Waals surface area (Å²) in [7, 11) is -2.72. The minimum absolute atomic E-state index is 0.0141. The average molecular weight is 216 g/mol. The number of methoxy groups -OCH3 is 1. The molecule has 0 saturated carbocycles. The van der Waals surface area contributed by atoms with Crippen molar-refractivity contribution >= 4 is 13.9 Å². The Bertz CT molecular complexity index is 302. The summed E-state index contributed by atoms with van der Waals surface area (Å²) in [5, 5.41) is 0.165. The van der Waals surface area contributed by atoms with Gasteiger partial charge in [0.25, 0.3) is 0 Å². The highest BCUT2D eigenvalue weighted by Gasteiger charge is 2.36. The van der Waals surface area contributed by atoms with Gasteiger partial charge in [0.1, 0.15) is 5.75 Å². The molecule has 0 fully saturated rings. The quantitative estimate of drug-likeness (QED) is 0.555. The van der Waals surface area contributed by atoms with Crippen LogP contribution >= 0.6 is 0 Å². The summed E-state index contributed by atoms with van der Waals surface area (Å²) in [5.74, 6) is 0.505. The number of rotatable bonds is 4. The van der Waals surface area contributed by atoms with E-state index in [9.17, 15) is 8.22 Å². The largest absolute Gasteiger partial charge is 0.497 e. The van der Waals surface area contributed by atoms with Crippen LogP contribution < -0.4 is 9.92 Å². The standard InChI is InChI=1S/C10H14F2OSi/c1-3-7-14(11,12)10-6-4-5-9(8-10)13-2/h4-6,8H,3,7H2,1-2H3. The second-order valence-corrected chi connectivity index (χ2v) is 5.67. The molecule has 78 valence electrons. The van der Waals surface area contributed by atoms with Gasteiger partial charge in [-0.2, -0.15) is 0 Å². The molecule has 0 amide bonds. The van der Waals surface area contributed by atoms with E-state index < -0.39 is 8.74 Å². The first kappa shape index (κ1) is 11.2. The molecule has 0 aliphatic heterocycles. The van der Waals surface area contributed by atoms with Gasteiger partial charge in [0, 0.05) is 11.2 Å². The van der Waals surface area contributed by atoms with Gasteiger partial charge in [0.15, 0.2) is 0 Å². The van der Waals surface area contributed by atoms with Gasteiger partial charge in [-0.1, -0.05) is 25.5 Å². The normalized spacial score (nSPS) is 11.4. The molecule has 0 N–H and O–H groups in total. The van der Waals surface area contributed by atoms with E-state index in [1.165, 1.54) is 19.2 Å². The van der Waals surface area contributed by atoms with E-state index in [0.29, 0.717) is 12.2 Å². The van der Waals surface area contributed by atoms with Gasteiger partial charge < -0.3 is 4.74 Å². The molecule has 0 bridgehead atoms. The van der Waals surface area contributed by atoms with Crippen LogP contribution in [-0.2, 0) is 0 Å². The fourth-order valence-corrected chi connectivity index (χ4v) is 2.92. The van der Waals surface area contributed by atoms with Crippen LogP contribution in [0.1, 0.15) is 13.3 Å². The number of ether oxygens (including phenoxy) is 1. The van der Waals surface area contributed by atoms with Crippen LogP contribution in [0.3, 0.4) is 0 Å². The Morgan fingerprint density at radius 2 is 2.07 bits per heavy atom.